The molecule has 0 radical (unpaired) electrons. The molecule has 1 unspecified atom stereocenters. The molecule has 1 heterocycles. The van der Waals surface area contributed by atoms with E-state index < -0.39 is 0 Å². The van der Waals surface area contributed by atoms with E-state index >= 15 is 0 Å². The highest BCUT2D eigenvalue weighted by molar-refractivity contribution is 5.93. The molecule has 0 saturated carbocycles. The molecule has 2 rings (SSSR count). The first kappa shape index (κ1) is 14.0. The smallest absolute Gasteiger partial charge is 0.227 e. The summed E-state index contributed by atoms with van der Waals surface area (Å²) in [5.74, 6) is 0.593. The number of para-hydroxylation sites is 1. The van der Waals surface area contributed by atoms with E-state index in [-0.39, 0.29) is 11.8 Å². The minimum absolute atomic E-state index is 0.0430. The highest BCUT2D eigenvalue weighted by atomic mass is 16.5. The lowest BCUT2D eigenvalue weighted by Gasteiger charge is -2.31. The number of anilines is 1. The van der Waals surface area contributed by atoms with Crippen LogP contribution in [0.25, 0.3) is 0 Å². The Morgan fingerprint density at radius 3 is 2.84 bits per heavy atom. The summed E-state index contributed by atoms with van der Waals surface area (Å²) in [5.41, 5.74) is 1.89. The van der Waals surface area contributed by atoms with Gasteiger partial charge in [0.25, 0.3) is 0 Å². The van der Waals surface area contributed by atoms with Crippen LogP contribution in [0.3, 0.4) is 0 Å². The molecule has 4 nitrogen and oxygen atoms in total. The number of ether oxygens (including phenoxy) is 1. The third-order valence-corrected chi connectivity index (χ3v) is 3.67. The van der Waals surface area contributed by atoms with Gasteiger partial charge in [-0.25, -0.2) is 0 Å². The minimum atomic E-state index is 0.0430. The number of rotatable bonds is 6. The number of hydrogen-bond donors (Lipinski definition) is 2. The van der Waals surface area contributed by atoms with Gasteiger partial charge in [0.15, 0.2) is 0 Å². The molecule has 1 aromatic rings. The van der Waals surface area contributed by atoms with Crippen LogP contribution in [-0.2, 0) is 16.1 Å². The molecule has 1 amide bonds. The fraction of sp³-hybridized carbons (Fsp3) is 0.533. The molecule has 0 spiro atoms. The largest absolute Gasteiger partial charge is 0.377 e. The van der Waals surface area contributed by atoms with Crippen molar-refractivity contribution in [1.29, 1.82) is 0 Å². The number of benzene rings is 1. The summed E-state index contributed by atoms with van der Waals surface area (Å²) in [6.45, 7) is 7.04. The first-order valence-corrected chi connectivity index (χ1v) is 6.89. The first-order valence-electron chi connectivity index (χ1n) is 6.89. The third kappa shape index (κ3) is 3.55. The van der Waals surface area contributed by atoms with Crippen LogP contribution in [-0.4, -0.2) is 25.6 Å². The quantitative estimate of drug-likeness (QED) is 0.824. The zero-order valence-electron chi connectivity index (χ0n) is 11.6. The Morgan fingerprint density at radius 2 is 2.21 bits per heavy atom. The van der Waals surface area contributed by atoms with Crippen LogP contribution in [0.1, 0.15) is 19.4 Å². The molecule has 1 aliphatic heterocycles. The lowest BCUT2D eigenvalue weighted by Crippen LogP contribution is -2.48. The van der Waals surface area contributed by atoms with Crippen LogP contribution in [0, 0.1) is 11.8 Å². The van der Waals surface area contributed by atoms with Crippen molar-refractivity contribution in [3.05, 3.63) is 29.8 Å². The zero-order valence-corrected chi connectivity index (χ0v) is 11.6. The molecule has 1 aliphatic rings. The molecular weight excluding hydrogens is 240 g/mol. The van der Waals surface area contributed by atoms with Crippen molar-refractivity contribution in [2.75, 3.05) is 25.0 Å². The molecule has 1 atom stereocenters. The Hall–Kier alpha value is -1.39. The van der Waals surface area contributed by atoms with Crippen LogP contribution in [0.2, 0.25) is 0 Å². The molecule has 2 N–H and O–H groups in total. The Morgan fingerprint density at radius 1 is 1.47 bits per heavy atom. The van der Waals surface area contributed by atoms with Gasteiger partial charge in [0.05, 0.1) is 6.61 Å². The molecule has 4 heteroatoms. The van der Waals surface area contributed by atoms with Crippen molar-refractivity contribution in [2.24, 2.45) is 11.8 Å². The molecule has 0 aromatic heterocycles. The lowest BCUT2D eigenvalue weighted by atomic mass is 9.88. The van der Waals surface area contributed by atoms with E-state index in [0.717, 1.165) is 24.3 Å². The number of hydrogen-bond acceptors (Lipinski definition) is 3. The first-order chi connectivity index (χ1) is 9.22. The van der Waals surface area contributed by atoms with Crippen LogP contribution < -0.4 is 10.6 Å². The van der Waals surface area contributed by atoms with Gasteiger partial charge in [0.2, 0.25) is 5.91 Å². The standard InChI is InChI=1S/C15H22N2O2/c1-3-19-10-12-6-4-5-7-14(12)17-15(18)11(2)13-8-16-9-13/h4-7,11,13,16H,3,8-10H2,1-2H3,(H,17,18). The topological polar surface area (TPSA) is 50.4 Å². The van der Waals surface area contributed by atoms with Crippen molar-refractivity contribution < 1.29 is 9.53 Å². The van der Waals surface area contributed by atoms with Crippen molar-refractivity contribution in [1.82, 2.24) is 5.32 Å². The maximum atomic E-state index is 12.2. The SMILES string of the molecule is CCOCc1ccccc1NC(=O)C(C)C1CNC1. The third-order valence-electron chi connectivity index (χ3n) is 3.67. The van der Waals surface area contributed by atoms with E-state index in [2.05, 4.69) is 10.6 Å². The van der Waals surface area contributed by atoms with Gasteiger partial charge in [-0.3, -0.25) is 4.79 Å². The summed E-state index contributed by atoms with van der Waals surface area (Å²) >= 11 is 0. The van der Waals surface area contributed by atoms with Crippen molar-refractivity contribution in [3.8, 4) is 0 Å². The van der Waals surface area contributed by atoms with Gasteiger partial charge in [-0.1, -0.05) is 25.1 Å². The summed E-state index contributed by atoms with van der Waals surface area (Å²) in [5, 5.41) is 6.22. The zero-order chi connectivity index (χ0) is 13.7. The van der Waals surface area contributed by atoms with Crippen molar-refractivity contribution >= 4 is 11.6 Å². The second kappa shape index (κ2) is 6.68. The van der Waals surface area contributed by atoms with E-state index in [1.807, 2.05) is 38.1 Å². The molecule has 104 valence electrons. The van der Waals surface area contributed by atoms with Gasteiger partial charge in [0, 0.05) is 23.8 Å². The predicted octanol–water partition coefficient (Wildman–Crippen LogP) is 2.02. The van der Waals surface area contributed by atoms with Gasteiger partial charge in [-0.05, 0) is 32.0 Å². The van der Waals surface area contributed by atoms with Crippen molar-refractivity contribution in [3.63, 3.8) is 0 Å². The molecule has 1 fully saturated rings. The number of carbonyl (C=O) groups excluding carboxylic acids is 1. The fourth-order valence-electron chi connectivity index (χ4n) is 2.11. The van der Waals surface area contributed by atoms with Crippen molar-refractivity contribution in [2.45, 2.75) is 20.5 Å². The van der Waals surface area contributed by atoms with Crippen LogP contribution in [0.5, 0.6) is 0 Å². The van der Waals surface area contributed by atoms with Crippen LogP contribution >= 0.6 is 0 Å². The summed E-state index contributed by atoms with van der Waals surface area (Å²) in [4.78, 5) is 12.2. The second-order valence-corrected chi connectivity index (χ2v) is 4.99. The Labute approximate surface area is 114 Å². The summed E-state index contributed by atoms with van der Waals surface area (Å²) in [7, 11) is 0. The lowest BCUT2D eigenvalue weighted by molar-refractivity contribution is -0.121. The van der Waals surface area contributed by atoms with Gasteiger partial charge in [-0.2, -0.15) is 0 Å². The Bertz CT molecular complexity index is 430. The maximum absolute atomic E-state index is 12.2. The molecule has 0 aliphatic carbocycles. The molecule has 1 aromatic carbocycles. The fourth-order valence-corrected chi connectivity index (χ4v) is 2.11. The van der Waals surface area contributed by atoms with Gasteiger partial charge >= 0.3 is 0 Å². The molecular formula is C15H22N2O2. The van der Waals surface area contributed by atoms with E-state index in [1.54, 1.807) is 0 Å². The van der Waals surface area contributed by atoms with E-state index in [1.165, 1.54) is 0 Å². The molecule has 19 heavy (non-hydrogen) atoms. The predicted molar refractivity (Wildman–Crippen MR) is 75.9 cm³/mol. The number of nitrogens with one attached hydrogen (secondary N) is 2. The van der Waals surface area contributed by atoms with Crippen LogP contribution in [0.4, 0.5) is 5.69 Å². The second-order valence-electron chi connectivity index (χ2n) is 4.99. The number of carbonyl (C=O) groups is 1. The van der Waals surface area contributed by atoms with E-state index in [4.69, 9.17) is 4.74 Å². The normalized spacial score (nSPS) is 16.7. The van der Waals surface area contributed by atoms with Gasteiger partial charge in [-0.15, -0.1) is 0 Å². The average Bonchev–Trinajstić information content (AvgIpc) is 2.35. The maximum Gasteiger partial charge on any atom is 0.227 e. The summed E-state index contributed by atoms with van der Waals surface area (Å²) in [6, 6.07) is 7.81. The highest BCUT2D eigenvalue weighted by Crippen LogP contribution is 2.21. The monoisotopic (exact) mass is 262 g/mol. The molecule has 1 saturated heterocycles. The Kier molecular flexibility index (Phi) is 4.93. The minimum Gasteiger partial charge on any atom is -0.377 e. The average molecular weight is 262 g/mol. The number of amides is 1. The molecule has 0 bridgehead atoms. The van der Waals surface area contributed by atoms with Crippen LogP contribution in [0.15, 0.2) is 24.3 Å². The van der Waals surface area contributed by atoms with E-state index in [9.17, 15) is 4.79 Å². The summed E-state index contributed by atoms with van der Waals surface area (Å²) < 4.78 is 5.42. The Balaban J connectivity index is 1.99. The van der Waals surface area contributed by atoms with Gasteiger partial charge in [0.1, 0.15) is 0 Å². The summed E-state index contributed by atoms with van der Waals surface area (Å²) in [6.07, 6.45) is 0. The van der Waals surface area contributed by atoms with Gasteiger partial charge < -0.3 is 15.4 Å². The highest BCUT2D eigenvalue weighted by Gasteiger charge is 2.28. The van der Waals surface area contributed by atoms with E-state index in [0.29, 0.717) is 19.1 Å².